The first-order valence-electron chi connectivity index (χ1n) is 6.83. The van der Waals surface area contributed by atoms with Crippen molar-refractivity contribution in [1.29, 1.82) is 5.26 Å². The summed E-state index contributed by atoms with van der Waals surface area (Å²) in [6.45, 7) is 6.57. The van der Waals surface area contributed by atoms with Crippen LogP contribution in [0.15, 0.2) is 30.3 Å². The molecular weight excluding hydrogens is 220 g/mol. The average Bonchev–Trinajstić information content (AvgIpc) is 2.34. The van der Waals surface area contributed by atoms with E-state index in [0.717, 1.165) is 6.42 Å². The van der Waals surface area contributed by atoms with Crippen molar-refractivity contribution in [2.24, 2.45) is 11.8 Å². The van der Waals surface area contributed by atoms with Crippen LogP contribution >= 0.6 is 0 Å². The van der Waals surface area contributed by atoms with E-state index in [9.17, 15) is 5.26 Å². The van der Waals surface area contributed by atoms with E-state index in [1.54, 1.807) is 0 Å². The number of nitrogens with one attached hydrogen (secondary N) is 1. The number of nitriles is 1. The molecule has 1 aromatic rings. The number of nitrogens with zero attached hydrogens (tertiary/aromatic N) is 1. The quantitative estimate of drug-likeness (QED) is 0.874. The lowest BCUT2D eigenvalue weighted by Gasteiger charge is -2.48. The summed E-state index contributed by atoms with van der Waals surface area (Å²) >= 11 is 0. The van der Waals surface area contributed by atoms with Gasteiger partial charge in [-0.1, -0.05) is 44.2 Å². The van der Waals surface area contributed by atoms with E-state index in [2.05, 4.69) is 44.3 Å². The van der Waals surface area contributed by atoms with Crippen LogP contribution in [0.3, 0.4) is 0 Å². The minimum Gasteiger partial charge on any atom is -0.293 e. The van der Waals surface area contributed by atoms with E-state index >= 15 is 0 Å². The molecule has 18 heavy (non-hydrogen) atoms. The minimum absolute atomic E-state index is 0.229. The van der Waals surface area contributed by atoms with Gasteiger partial charge in [0.25, 0.3) is 0 Å². The normalized spacial score (nSPS) is 28.5. The van der Waals surface area contributed by atoms with Gasteiger partial charge in [-0.05, 0) is 37.2 Å². The zero-order chi connectivity index (χ0) is 13.2. The van der Waals surface area contributed by atoms with Crippen molar-refractivity contribution in [2.75, 3.05) is 0 Å². The second kappa shape index (κ2) is 5.12. The first-order valence-corrected chi connectivity index (χ1v) is 6.83. The highest BCUT2D eigenvalue weighted by molar-refractivity contribution is 5.23. The third kappa shape index (κ3) is 2.28. The number of hydrogen-bond donors (Lipinski definition) is 1. The average molecular weight is 242 g/mol. The minimum atomic E-state index is -0.316. The maximum absolute atomic E-state index is 9.54. The number of benzene rings is 1. The molecule has 0 amide bonds. The molecule has 0 spiro atoms. The lowest BCUT2D eigenvalue weighted by molar-refractivity contribution is 0.0839. The fraction of sp³-hybridized carbons (Fsp3) is 0.562. The van der Waals surface area contributed by atoms with Crippen LogP contribution in [0.5, 0.6) is 0 Å². The van der Waals surface area contributed by atoms with Crippen LogP contribution in [0.25, 0.3) is 0 Å². The largest absolute Gasteiger partial charge is 0.293 e. The van der Waals surface area contributed by atoms with E-state index in [1.165, 1.54) is 12.0 Å². The van der Waals surface area contributed by atoms with Gasteiger partial charge >= 0.3 is 0 Å². The SMILES string of the molecule is CC(C)[C@@H]1CC[C@]1(C#N)N[C@H](C)c1ccccc1. The highest BCUT2D eigenvalue weighted by Gasteiger charge is 2.49. The molecule has 2 rings (SSSR count). The summed E-state index contributed by atoms with van der Waals surface area (Å²) in [5.74, 6) is 1.04. The fourth-order valence-corrected chi connectivity index (χ4v) is 3.06. The van der Waals surface area contributed by atoms with E-state index in [-0.39, 0.29) is 11.6 Å². The highest BCUT2D eigenvalue weighted by atomic mass is 15.0. The summed E-state index contributed by atoms with van der Waals surface area (Å²) in [6.07, 6.45) is 2.14. The van der Waals surface area contributed by atoms with Crippen LogP contribution in [0.2, 0.25) is 0 Å². The molecule has 96 valence electrons. The van der Waals surface area contributed by atoms with Gasteiger partial charge in [0, 0.05) is 6.04 Å². The molecule has 3 atom stereocenters. The predicted molar refractivity (Wildman–Crippen MR) is 73.9 cm³/mol. The highest BCUT2D eigenvalue weighted by Crippen LogP contribution is 2.44. The maximum Gasteiger partial charge on any atom is 0.110 e. The van der Waals surface area contributed by atoms with Gasteiger partial charge in [0.2, 0.25) is 0 Å². The standard InChI is InChI=1S/C16H22N2/c1-12(2)15-9-10-16(15,11-17)18-13(3)14-7-5-4-6-8-14/h4-8,12-13,15,18H,9-10H2,1-3H3/t13-,15+,16-/m1/s1. The Morgan fingerprint density at radius 1 is 1.28 bits per heavy atom. The van der Waals surface area contributed by atoms with Crippen LogP contribution in [-0.2, 0) is 0 Å². The summed E-state index contributed by atoms with van der Waals surface area (Å²) < 4.78 is 0. The van der Waals surface area contributed by atoms with Crippen molar-refractivity contribution in [3.05, 3.63) is 35.9 Å². The molecule has 0 aliphatic heterocycles. The zero-order valence-electron chi connectivity index (χ0n) is 11.5. The van der Waals surface area contributed by atoms with E-state index < -0.39 is 0 Å². The second-order valence-electron chi connectivity index (χ2n) is 5.75. The first kappa shape index (κ1) is 13.1. The summed E-state index contributed by atoms with van der Waals surface area (Å²) in [5.41, 5.74) is 0.935. The van der Waals surface area contributed by atoms with Gasteiger partial charge in [-0.3, -0.25) is 5.32 Å². The molecule has 2 heteroatoms. The molecule has 0 saturated heterocycles. The third-order valence-corrected chi connectivity index (χ3v) is 4.26. The molecule has 0 bridgehead atoms. The molecule has 1 aromatic carbocycles. The van der Waals surface area contributed by atoms with Crippen LogP contribution in [0.4, 0.5) is 0 Å². The van der Waals surface area contributed by atoms with Crippen molar-refractivity contribution >= 4 is 0 Å². The van der Waals surface area contributed by atoms with Gasteiger partial charge in [-0.25, -0.2) is 0 Å². The van der Waals surface area contributed by atoms with E-state index in [0.29, 0.717) is 11.8 Å². The molecule has 0 radical (unpaired) electrons. The van der Waals surface area contributed by atoms with Gasteiger partial charge in [-0.15, -0.1) is 0 Å². The Kier molecular flexibility index (Phi) is 3.73. The predicted octanol–water partition coefficient (Wildman–Crippen LogP) is 3.67. The Bertz CT molecular complexity index is 432. The van der Waals surface area contributed by atoms with Gasteiger partial charge < -0.3 is 0 Å². The molecule has 0 unspecified atom stereocenters. The molecule has 0 aromatic heterocycles. The van der Waals surface area contributed by atoms with E-state index in [4.69, 9.17) is 0 Å². The Morgan fingerprint density at radius 3 is 2.39 bits per heavy atom. The summed E-state index contributed by atoms with van der Waals surface area (Å²) in [7, 11) is 0. The topological polar surface area (TPSA) is 35.8 Å². The Labute approximate surface area is 110 Å². The van der Waals surface area contributed by atoms with Crippen molar-refractivity contribution in [3.63, 3.8) is 0 Å². The molecule has 1 saturated carbocycles. The Hall–Kier alpha value is -1.33. The molecule has 1 aliphatic carbocycles. The van der Waals surface area contributed by atoms with Gasteiger partial charge in [-0.2, -0.15) is 5.26 Å². The van der Waals surface area contributed by atoms with Crippen molar-refractivity contribution < 1.29 is 0 Å². The fourth-order valence-electron chi connectivity index (χ4n) is 3.06. The molecule has 1 aliphatic rings. The lowest BCUT2D eigenvalue weighted by atomic mass is 9.62. The first-order chi connectivity index (χ1) is 8.59. The van der Waals surface area contributed by atoms with E-state index in [1.807, 2.05) is 18.2 Å². The Morgan fingerprint density at radius 2 is 1.94 bits per heavy atom. The summed E-state index contributed by atoms with van der Waals surface area (Å²) in [5, 5.41) is 13.1. The van der Waals surface area contributed by atoms with Gasteiger partial charge in [0.05, 0.1) is 6.07 Å². The van der Waals surface area contributed by atoms with Crippen LogP contribution in [-0.4, -0.2) is 5.54 Å². The molecule has 2 nitrogen and oxygen atoms in total. The van der Waals surface area contributed by atoms with Crippen molar-refractivity contribution in [3.8, 4) is 6.07 Å². The van der Waals surface area contributed by atoms with Gasteiger partial charge in [0.1, 0.15) is 5.54 Å². The molecule has 1 N–H and O–H groups in total. The Balaban J connectivity index is 2.11. The summed E-state index contributed by atoms with van der Waals surface area (Å²) in [4.78, 5) is 0. The van der Waals surface area contributed by atoms with Crippen molar-refractivity contribution in [2.45, 2.75) is 45.2 Å². The van der Waals surface area contributed by atoms with Crippen LogP contribution in [0.1, 0.15) is 45.2 Å². The van der Waals surface area contributed by atoms with Gasteiger partial charge in [0.15, 0.2) is 0 Å². The third-order valence-electron chi connectivity index (χ3n) is 4.26. The molecule has 0 heterocycles. The lowest BCUT2D eigenvalue weighted by Crippen LogP contribution is -2.59. The number of rotatable bonds is 4. The zero-order valence-corrected chi connectivity index (χ0v) is 11.5. The summed E-state index contributed by atoms with van der Waals surface area (Å²) in [6, 6.07) is 13.1. The molecule has 1 fully saturated rings. The van der Waals surface area contributed by atoms with Crippen LogP contribution < -0.4 is 5.32 Å². The van der Waals surface area contributed by atoms with Crippen molar-refractivity contribution in [1.82, 2.24) is 5.32 Å². The maximum atomic E-state index is 9.54. The molecular formula is C16H22N2. The monoisotopic (exact) mass is 242 g/mol. The number of hydrogen-bond acceptors (Lipinski definition) is 2. The smallest absolute Gasteiger partial charge is 0.110 e. The van der Waals surface area contributed by atoms with Crippen LogP contribution in [0, 0.1) is 23.2 Å². The second-order valence-corrected chi connectivity index (χ2v) is 5.75.